The molecule has 2 saturated heterocycles. The number of benzene rings is 1. The van der Waals surface area contributed by atoms with Gasteiger partial charge < -0.3 is 20.0 Å². The van der Waals surface area contributed by atoms with Gasteiger partial charge >= 0.3 is 0 Å². The molecular weight excluding hydrogens is 426 g/mol. The molecule has 1 saturated carbocycles. The van der Waals surface area contributed by atoms with E-state index in [1.807, 2.05) is 29.2 Å². The minimum atomic E-state index is -0.266. The van der Waals surface area contributed by atoms with Gasteiger partial charge in [-0.05, 0) is 62.8 Å². The van der Waals surface area contributed by atoms with Crippen molar-refractivity contribution >= 4 is 29.1 Å². The molecule has 1 aromatic carbocycles. The lowest BCUT2D eigenvalue weighted by molar-refractivity contribution is -0.137. The van der Waals surface area contributed by atoms with Gasteiger partial charge in [0.15, 0.2) is 0 Å². The molecule has 2 amide bonds. The molecule has 1 aliphatic carbocycles. The molecule has 32 heavy (non-hydrogen) atoms. The summed E-state index contributed by atoms with van der Waals surface area (Å²) in [5.41, 5.74) is 1.15. The van der Waals surface area contributed by atoms with E-state index in [4.69, 9.17) is 16.9 Å². The Kier molecular flexibility index (Phi) is 7.54. The van der Waals surface area contributed by atoms with Crippen molar-refractivity contribution in [2.24, 2.45) is 5.92 Å². The summed E-state index contributed by atoms with van der Waals surface area (Å²) in [6.07, 6.45) is 5.25. The van der Waals surface area contributed by atoms with Crippen LogP contribution in [0.5, 0.6) is 0 Å². The van der Waals surface area contributed by atoms with E-state index in [0.717, 1.165) is 75.4 Å². The van der Waals surface area contributed by atoms with Crippen molar-refractivity contribution in [3.8, 4) is 6.07 Å². The van der Waals surface area contributed by atoms with Crippen LogP contribution < -0.4 is 10.2 Å². The molecule has 8 heteroatoms. The molecule has 1 N–H and O–H groups in total. The number of carbonyl (C=O) groups is 2. The largest absolute Gasteiger partial charge is 0.368 e. The average Bonchev–Trinajstić information content (AvgIpc) is 3.32. The molecule has 1 aromatic rings. The fraction of sp³-hybridized carbons (Fsp3) is 0.625. The van der Waals surface area contributed by atoms with Gasteiger partial charge in [-0.3, -0.25) is 9.59 Å². The minimum absolute atomic E-state index is 0.0193. The maximum Gasteiger partial charge on any atom is 0.237 e. The quantitative estimate of drug-likeness (QED) is 0.735. The van der Waals surface area contributed by atoms with Crippen LogP contribution in [-0.4, -0.2) is 73.0 Å². The fourth-order valence-electron chi connectivity index (χ4n) is 5.17. The topological polar surface area (TPSA) is 79.7 Å². The second-order valence-corrected chi connectivity index (χ2v) is 9.53. The standard InChI is InChI=1S/C24H32ClN5O2/c25-19-5-9-21(10-6-19)28-12-14-29(15-13-28)24(32)18-3-7-20(8-4-18)27-17-23(31)30-11-1-2-22(30)16-26/h5-6,9-10,18,20,22,27H,1-4,7-8,11-15,17H2/t18?,20?,22-/m0/s1. The lowest BCUT2D eigenvalue weighted by atomic mass is 9.85. The lowest BCUT2D eigenvalue weighted by Crippen LogP contribution is -2.51. The van der Waals surface area contributed by atoms with Crippen molar-refractivity contribution in [2.45, 2.75) is 50.6 Å². The first-order valence-electron chi connectivity index (χ1n) is 11.8. The maximum absolute atomic E-state index is 13.0. The second-order valence-electron chi connectivity index (χ2n) is 9.09. The van der Waals surface area contributed by atoms with Gasteiger partial charge in [0.25, 0.3) is 0 Å². The van der Waals surface area contributed by atoms with E-state index in [1.165, 1.54) is 0 Å². The second kappa shape index (κ2) is 10.5. The zero-order valence-electron chi connectivity index (χ0n) is 18.5. The van der Waals surface area contributed by atoms with Crippen LogP contribution in [0.2, 0.25) is 5.02 Å². The highest BCUT2D eigenvalue weighted by molar-refractivity contribution is 6.30. The zero-order chi connectivity index (χ0) is 22.5. The van der Waals surface area contributed by atoms with E-state index >= 15 is 0 Å². The molecule has 4 rings (SSSR count). The molecule has 2 heterocycles. The van der Waals surface area contributed by atoms with Crippen molar-refractivity contribution in [1.29, 1.82) is 5.26 Å². The lowest BCUT2D eigenvalue weighted by Gasteiger charge is -2.39. The third-order valence-electron chi connectivity index (χ3n) is 7.12. The van der Waals surface area contributed by atoms with Gasteiger partial charge in [-0.2, -0.15) is 5.26 Å². The molecule has 0 radical (unpaired) electrons. The van der Waals surface area contributed by atoms with Crippen LogP contribution in [0.1, 0.15) is 38.5 Å². The van der Waals surface area contributed by atoms with E-state index < -0.39 is 0 Å². The van der Waals surface area contributed by atoms with Crippen LogP contribution in [-0.2, 0) is 9.59 Å². The summed E-state index contributed by atoms with van der Waals surface area (Å²) in [4.78, 5) is 31.5. The highest BCUT2D eigenvalue weighted by Gasteiger charge is 2.32. The third-order valence-corrected chi connectivity index (χ3v) is 7.38. The number of amides is 2. The van der Waals surface area contributed by atoms with E-state index in [9.17, 15) is 9.59 Å². The number of piperazine rings is 1. The molecular formula is C24H32ClN5O2. The monoisotopic (exact) mass is 457 g/mol. The number of hydrogen-bond acceptors (Lipinski definition) is 5. The van der Waals surface area contributed by atoms with Crippen LogP contribution in [0.15, 0.2) is 24.3 Å². The van der Waals surface area contributed by atoms with Crippen LogP contribution >= 0.6 is 11.6 Å². The first-order chi connectivity index (χ1) is 15.5. The van der Waals surface area contributed by atoms with Gasteiger partial charge in [0.1, 0.15) is 6.04 Å². The summed E-state index contributed by atoms with van der Waals surface area (Å²) in [5, 5.41) is 13.3. The van der Waals surface area contributed by atoms with E-state index in [1.54, 1.807) is 4.90 Å². The van der Waals surface area contributed by atoms with Crippen LogP contribution in [0.4, 0.5) is 5.69 Å². The van der Waals surface area contributed by atoms with Gasteiger partial charge in [0.05, 0.1) is 12.6 Å². The molecule has 0 bridgehead atoms. The molecule has 0 spiro atoms. The minimum Gasteiger partial charge on any atom is -0.368 e. The van der Waals surface area contributed by atoms with Crippen molar-refractivity contribution in [3.05, 3.63) is 29.3 Å². The number of carbonyl (C=O) groups excluding carboxylic acids is 2. The van der Waals surface area contributed by atoms with Crippen LogP contribution in [0, 0.1) is 17.2 Å². The van der Waals surface area contributed by atoms with E-state index in [2.05, 4.69) is 16.3 Å². The molecule has 0 unspecified atom stereocenters. The Morgan fingerprint density at radius 3 is 2.34 bits per heavy atom. The summed E-state index contributed by atoms with van der Waals surface area (Å²) in [6.45, 7) is 4.16. The van der Waals surface area contributed by atoms with Gasteiger partial charge in [0.2, 0.25) is 11.8 Å². The number of halogens is 1. The van der Waals surface area contributed by atoms with E-state index in [0.29, 0.717) is 6.54 Å². The number of nitrogens with one attached hydrogen (secondary N) is 1. The highest BCUT2D eigenvalue weighted by Crippen LogP contribution is 2.27. The molecule has 172 valence electrons. The molecule has 3 fully saturated rings. The summed E-state index contributed by atoms with van der Waals surface area (Å²) >= 11 is 5.98. The first-order valence-corrected chi connectivity index (χ1v) is 12.1. The predicted molar refractivity (Wildman–Crippen MR) is 124 cm³/mol. The molecule has 0 aromatic heterocycles. The predicted octanol–water partition coefficient (Wildman–Crippen LogP) is 2.65. The SMILES string of the molecule is N#C[C@@H]1CCCN1C(=O)CNC1CCC(C(=O)N2CCN(c3ccc(Cl)cc3)CC2)CC1. The number of likely N-dealkylation sites (tertiary alicyclic amines) is 1. The Hall–Kier alpha value is -2.30. The van der Waals surface area contributed by atoms with Crippen molar-refractivity contribution in [2.75, 3.05) is 44.2 Å². The number of nitrogens with zero attached hydrogens (tertiary/aromatic N) is 4. The summed E-state index contributed by atoms with van der Waals surface area (Å²) < 4.78 is 0. The van der Waals surface area contributed by atoms with Crippen molar-refractivity contribution in [3.63, 3.8) is 0 Å². The van der Waals surface area contributed by atoms with Crippen LogP contribution in [0.25, 0.3) is 0 Å². The van der Waals surface area contributed by atoms with Crippen molar-refractivity contribution in [1.82, 2.24) is 15.1 Å². The fourth-order valence-corrected chi connectivity index (χ4v) is 5.30. The zero-order valence-corrected chi connectivity index (χ0v) is 19.3. The molecule has 2 aliphatic heterocycles. The summed E-state index contributed by atoms with van der Waals surface area (Å²) in [5.74, 6) is 0.391. The Morgan fingerprint density at radius 1 is 1.00 bits per heavy atom. The first kappa shape index (κ1) is 22.9. The summed E-state index contributed by atoms with van der Waals surface area (Å²) in [6, 6.07) is 10.1. The number of anilines is 1. The van der Waals surface area contributed by atoms with Gasteiger partial charge in [0, 0.05) is 55.4 Å². The van der Waals surface area contributed by atoms with Gasteiger partial charge in [-0.1, -0.05) is 11.6 Å². The molecule has 7 nitrogen and oxygen atoms in total. The molecule has 1 atom stereocenters. The van der Waals surface area contributed by atoms with Gasteiger partial charge in [-0.15, -0.1) is 0 Å². The van der Waals surface area contributed by atoms with Crippen molar-refractivity contribution < 1.29 is 9.59 Å². The molecule has 3 aliphatic rings. The Morgan fingerprint density at radius 2 is 1.69 bits per heavy atom. The van der Waals surface area contributed by atoms with E-state index in [-0.39, 0.29) is 36.4 Å². The number of hydrogen-bond donors (Lipinski definition) is 1. The maximum atomic E-state index is 13.0. The smallest absolute Gasteiger partial charge is 0.237 e. The number of nitriles is 1. The highest BCUT2D eigenvalue weighted by atomic mass is 35.5. The third kappa shape index (κ3) is 5.36. The summed E-state index contributed by atoms with van der Waals surface area (Å²) in [7, 11) is 0. The Labute approximate surface area is 195 Å². The normalized spacial score (nSPS) is 26.1. The van der Waals surface area contributed by atoms with Crippen LogP contribution in [0.3, 0.4) is 0 Å². The Bertz CT molecular complexity index is 839. The Balaban J connectivity index is 1.17. The van der Waals surface area contributed by atoms with Gasteiger partial charge in [-0.25, -0.2) is 0 Å². The number of rotatable bonds is 5. The average molecular weight is 458 g/mol.